The average Bonchev–Trinajstić information content (AvgIpc) is 2.71. The molecule has 0 spiro atoms. The van der Waals surface area contributed by atoms with Gasteiger partial charge in [0, 0.05) is 17.2 Å². The zero-order valence-corrected chi connectivity index (χ0v) is 10.5. The van der Waals surface area contributed by atoms with Gasteiger partial charge in [-0.05, 0) is 35.0 Å². The second kappa shape index (κ2) is 5.20. The van der Waals surface area contributed by atoms with Crippen LogP contribution in [0, 0.1) is 11.8 Å². The Kier molecular flexibility index (Phi) is 3.66. The molecule has 0 fully saturated rings. The summed E-state index contributed by atoms with van der Waals surface area (Å²) in [5.41, 5.74) is 1.01. The summed E-state index contributed by atoms with van der Waals surface area (Å²) in [7, 11) is 0. The first-order valence-corrected chi connectivity index (χ1v) is 6.72. The maximum atomic E-state index is 10.7. The predicted octanol–water partition coefficient (Wildman–Crippen LogP) is 3.53. The fourth-order valence-corrected chi connectivity index (χ4v) is 2.44. The third kappa shape index (κ3) is 2.88. The minimum absolute atomic E-state index is 0.114. The lowest BCUT2D eigenvalue weighted by Crippen LogP contribution is -1.82. The lowest BCUT2D eigenvalue weighted by molar-refractivity contribution is -0.109. The third-order valence-electron chi connectivity index (χ3n) is 2.03. The molecule has 1 aromatic carbocycles. The number of fused-ring (bicyclic) bond motifs is 1. The first-order chi connectivity index (χ1) is 7.75. The number of thioether (sulfide) groups is 1. The van der Waals surface area contributed by atoms with Crippen LogP contribution >= 0.6 is 23.1 Å². The Labute approximate surface area is 103 Å². The second-order valence-corrected chi connectivity index (χ2v) is 5.36. The number of hydrogen-bond acceptors (Lipinski definition) is 3. The maximum Gasteiger partial charge on any atom is 0.186 e. The Morgan fingerprint density at radius 3 is 3.12 bits per heavy atom. The highest BCUT2D eigenvalue weighted by molar-refractivity contribution is 8.13. The molecule has 0 radical (unpaired) electrons. The molecule has 0 saturated carbocycles. The van der Waals surface area contributed by atoms with Gasteiger partial charge in [-0.15, -0.1) is 11.3 Å². The molecule has 0 aliphatic rings. The Balaban J connectivity index is 2.11. The number of rotatable bonds is 1. The van der Waals surface area contributed by atoms with Crippen molar-refractivity contribution >= 4 is 38.3 Å². The average molecular weight is 246 g/mol. The van der Waals surface area contributed by atoms with Gasteiger partial charge in [-0.1, -0.05) is 23.6 Å². The summed E-state index contributed by atoms with van der Waals surface area (Å²) in [4.78, 5) is 10.7. The molecule has 0 aliphatic heterocycles. The van der Waals surface area contributed by atoms with Crippen LogP contribution in [0.3, 0.4) is 0 Å². The fraction of sp³-hybridized carbons (Fsp3) is 0.154. The van der Waals surface area contributed by atoms with Crippen molar-refractivity contribution in [2.24, 2.45) is 0 Å². The Morgan fingerprint density at radius 2 is 2.31 bits per heavy atom. The minimum atomic E-state index is 0.114. The highest BCUT2D eigenvalue weighted by Gasteiger charge is 1.94. The summed E-state index contributed by atoms with van der Waals surface area (Å²) >= 11 is 2.98. The van der Waals surface area contributed by atoms with Crippen molar-refractivity contribution in [2.75, 3.05) is 5.75 Å². The number of hydrogen-bond donors (Lipinski definition) is 0. The zero-order valence-electron chi connectivity index (χ0n) is 8.82. The summed E-state index contributed by atoms with van der Waals surface area (Å²) in [6, 6.07) is 8.28. The summed E-state index contributed by atoms with van der Waals surface area (Å²) in [5.74, 6) is 6.62. The number of thiophene rings is 1. The van der Waals surface area contributed by atoms with Gasteiger partial charge in [-0.2, -0.15) is 0 Å². The van der Waals surface area contributed by atoms with Crippen molar-refractivity contribution < 1.29 is 4.79 Å². The van der Waals surface area contributed by atoms with Gasteiger partial charge in [0.25, 0.3) is 0 Å². The van der Waals surface area contributed by atoms with E-state index in [1.165, 1.54) is 21.8 Å². The van der Waals surface area contributed by atoms with Crippen molar-refractivity contribution in [3.63, 3.8) is 0 Å². The van der Waals surface area contributed by atoms with Crippen LogP contribution in [0.15, 0.2) is 29.6 Å². The lowest BCUT2D eigenvalue weighted by atomic mass is 10.2. The van der Waals surface area contributed by atoms with Crippen molar-refractivity contribution in [1.82, 2.24) is 0 Å². The van der Waals surface area contributed by atoms with Gasteiger partial charge in [-0.25, -0.2) is 0 Å². The molecule has 0 aliphatic carbocycles. The van der Waals surface area contributed by atoms with Crippen LogP contribution in [0.4, 0.5) is 0 Å². The highest BCUT2D eigenvalue weighted by atomic mass is 32.2. The first kappa shape index (κ1) is 11.3. The van der Waals surface area contributed by atoms with E-state index < -0.39 is 0 Å². The molecule has 1 heterocycles. The maximum absolute atomic E-state index is 10.7. The van der Waals surface area contributed by atoms with Crippen LogP contribution in [0.1, 0.15) is 12.5 Å². The number of carbonyl (C=O) groups is 1. The van der Waals surface area contributed by atoms with Crippen LogP contribution in [-0.4, -0.2) is 10.9 Å². The van der Waals surface area contributed by atoms with E-state index in [4.69, 9.17) is 0 Å². The van der Waals surface area contributed by atoms with Gasteiger partial charge in [0.2, 0.25) is 0 Å². The molecule has 0 amide bonds. The van der Waals surface area contributed by atoms with Crippen LogP contribution in [0.2, 0.25) is 0 Å². The monoisotopic (exact) mass is 246 g/mol. The molecule has 0 saturated heterocycles. The van der Waals surface area contributed by atoms with Gasteiger partial charge in [0.1, 0.15) is 0 Å². The third-order valence-corrected chi connectivity index (χ3v) is 3.63. The van der Waals surface area contributed by atoms with Crippen LogP contribution in [-0.2, 0) is 4.79 Å². The van der Waals surface area contributed by atoms with E-state index >= 15 is 0 Å². The molecule has 2 aromatic rings. The van der Waals surface area contributed by atoms with Gasteiger partial charge < -0.3 is 0 Å². The first-order valence-electron chi connectivity index (χ1n) is 4.85. The molecule has 80 valence electrons. The van der Waals surface area contributed by atoms with E-state index in [-0.39, 0.29) is 5.12 Å². The van der Waals surface area contributed by atoms with Gasteiger partial charge >= 0.3 is 0 Å². The summed E-state index contributed by atoms with van der Waals surface area (Å²) in [6.07, 6.45) is 0. The normalized spacial score (nSPS) is 9.81. The molecule has 0 unspecified atom stereocenters. The molecular weight excluding hydrogens is 236 g/mol. The van der Waals surface area contributed by atoms with Crippen molar-refractivity contribution in [2.45, 2.75) is 6.92 Å². The quantitative estimate of drug-likeness (QED) is 0.716. The molecule has 1 aromatic heterocycles. The van der Waals surface area contributed by atoms with E-state index in [1.807, 2.05) is 6.07 Å². The Bertz CT molecular complexity index is 572. The Hall–Kier alpha value is -1.24. The fourth-order valence-electron chi connectivity index (χ4n) is 1.32. The van der Waals surface area contributed by atoms with E-state index in [9.17, 15) is 4.79 Å². The zero-order chi connectivity index (χ0) is 11.4. The second-order valence-electron chi connectivity index (χ2n) is 3.26. The van der Waals surface area contributed by atoms with Crippen LogP contribution in [0.5, 0.6) is 0 Å². The molecule has 0 N–H and O–H groups in total. The number of carbonyl (C=O) groups excluding carboxylic acids is 1. The van der Waals surface area contributed by atoms with E-state index in [0.717, 1.165) is 5.56 Å². The van der Waals surface area contributed by atoms with Crippen LogP contribution < -0.4 is 0 Å². The lowest BCUT2D eigenvalue weighted by Gasteiger charge is -1.91. The summed E-state index contributed by atoms with van der Waals surface area (Å²) in [5, 5.41) is 3.42. The number of benzene rings is 1. The van der Waals surface area contributed by atoms with Gasteiger partial charge in [-0.3, -0.25) is 4.79 Å². The highest BCUT2D eigenvalue weighted by Crippen LogP contribution is 2.21. The molecule has 0 bridgehead atoms. The van der Waals surface area contributed by atoms with Gasteiger partial charge in [0.05, 0.1) is 5.75 Å². The molecule has 16 heavy (non-hydrogen) atoms. The standard InChI is InChI=1S/C13H10OS2/c1-10(14)15-7-2-3-11-4-5-13-12(9-11)6-8-16-13/h4-6,8-9H,7H2,1H3. The molecular formula is C13H10OS2. The van der Waals surface area contributed by atoms with E-state index in [0.29, 0.717) is 5.75 Å². The van der Waals surface area contributed by atoms with Crippen LogP contribution in [0.25, 0.3) is 10.1 Å². The summed E-state index contributed by atoms with van der Waals surface area (Å²) in [6.45, 7) is 1.56. The molecule has 1 nitrogen and oxygen atoms in total. The SMILES string of the molecule is CC(=O)SCC#Cc1ccc2sccc2c1. The minimum Gasteiger partial charge on any atom is -0.288 e. The Morgan fingerprint density at radius 1 is 1.44 bits per heavy atom. The molecule has 0 atom stereocenters. The topological polar surface area (TPSA) is 17.1 Å². The van der Waals surface area contributed by atoms with Crippen molar-refractivity contribution in [3.8, 4) is 11.8 Å². The summed E-state index contributed by atoms with van der Waals surface area (Å²) < 4.78 is 1.28. The van der Waals surface area contributed by atoms with Crippen molar-refractivity contribution in [1.29, 1.82) is 0 Å². The molecule has 3 heteroatoms. The van der Waals surface area contributed by atoms with Gasteiger partial charge in [0.15, 0.2) is 5.12 Å². The van der Waals surface area contributed by atoms with Crippen molar-refractivity contribution in [3.05, 3.63) is 35.2 Å². The van der Waals surface area contributed by atoms with E-state index in [2.05, 4.69) is 35.4 Å². The van der Waals surface area contributed by atoms with E-state index in [1.54, 1.807) is 18.3 Å². The smallest absolute Gasteiger partial charge is 0.186 e. The largest absolute Gasteiger partial charge is 0.288 e. The predicted molar refractivity (Wildman–Crippen MR) is 71.8 cm³/mol. The molecule has 2 rings (SSSR count).